The number of hydrogen-bond donors (Lipinski definition) is 4. The molecule has 4 rings (SSSR count). The third kappa shape index (κ3) is 10.2. The summed E-state index contributed by atoms with van der Waals surface area (Å²) in [5, 5.41) is 3.23. The van der Waals surface area contributed by atoms with Gasteiger partial charge in [0, 0.05) is 38.2 Å². The lowest BCUT2D eigenvalue weighted by Gasteiger charge is -2.65. The van der Waals surface area contributed by atoms with Gasteiger partial charge >= 0.3 is 0 Å². The van der Waals surface area contributed by atoms with Gasteiger partial charge in [0.1, 0.15) is 0 Å². The van der Waals surface area contributed by atoms with E-state index in [-0.39, 0.29) is 28.9 Å². The number of unbranched alkanes of at least 4 members (excludes halogenated alkanes) is 5. The van der Waals surface area contributed by atoms with Gasteiger partial charge in [0.2, 0.25) is 5.91 Å². The SMILES string of the molecule is CCCCCCCCNC(=O)CC[C@@H](C)[C@H]1CC[C@H]2C3[C@H](OCCCN)CC4C[C@H](OCCCN)CC[C@]4(C)[C@H]3C[C@H](OCCCN)[C@]12C. The quantitative estimate of drug-likeness (QED) is 0.0852. The second-order valence-electron chi connectivity index (χ2n) is 17.1. The molecule has 0 radical (unpaired) electrons. The highest BCUT2D eigenvalue weighted by Crippen LogP contribution is 2.69. The van der Waals surface area contributed by atoms with E-state index >= 15 is 0 Å². The maximum Gasteiger partial charge on any atom is 0.220 e. The largest absolute Gasteiger partial charge is 0.378 e. The molecule has 0 aromatic heterocycles. The van der Waals surface area contributed by atoms with Crippen LogP contribution in [-0.4, -0.2) is 70.2 Å². The lowest BCUT2D eigenvalue weighted by atomic mass is 9.43. The zero-order valence-corrected chi connectivity index (χ0v) is 32.2. The van der Waals surface area contributed by atoms with E-state index in [0.29, 0.717) is 67.7 Å². The minimum Gasteiger partial charge on any atom is -0.378 e. The molecule has 4 aliphatic carbocycles. The van der Waals surface area contributed by atoms with Crippen LogP contribution in [0.2, 0.25) is 0 Å². The molecule has 8 nitrogen and oxygen atoms in total. The molecule has 0 saturated heterocycles. The Morgan fingerprint density at radius 3 is 2.18 bits per heavy atom. The summed E-state index contributed by atoms with van der Waals surface area (Å²) in [6.07, 6.45) is 20.8. The normalized spacial score (nSPS) is 36.1. The summed E-state index contributed by atoms with van der Waals surface area (Å²) >= 11 is 0. The number of ether oxygens (including phenoxy) is 3. The second kappa shape index (κ2) is 20.5. The Kier molecular flexibility index (Phi) is 17.1. The van der Waals surface area contributed by atoms with Gasteiger partial charge in [-0.05, 0) is 138 Å². The van der Waals surface area contributed by atoms with E-state index in [1.807, 2.05) is 0 Å². The van der Waals surface area contributed by atoms with E-state index in [0.717, 1.165) is 84.2 Å². The van der Waals surface area contributed by atoms with E-state index in [1.165, 1.54) is 51.4 Å². The van der Waals surface area contributed by atoms with Crippen LogP contribution < -0.4 is 22.5 Å². The van der Waals surface area contributed by atoms with Gasteiger partial charge < -0.3 is 36.7 Å². The highest BCUT2D eigenvalue weighted by Gasteiger charge is 2.66. The highest BCUT2D eigenvalue weighted by atomic mass is 16.5. The third-order valence-electron chi connectivity index (χ3n) is 14.2. The van der Waals surface area contributed by atoms with Crippen molar-refractivity contribution in [3.05, 3.63) is 0 Å². The van der Waals surface area contributed by atoms with Crippen LogP contribution in [0.4, 0.5) is 0 Å². The lowest BCUT2D eigenvalue weighted by Crippen LogP contribution is -2.63. The van der Waals surface area contributed by atoms with Gasteiger partial charge in [0.05, 0.1) is 18.3 Å². The van der Waals surface area contributed by atoms with Crippen molar-refractivity contribution in [2.75, 3.05) is 46.0 Å². The smallest absolute Gasteiger partial charge is 0.220 e. The summed E-state index contributed by atoms with van der Waals surface area (Å²) in [5.74, 6) is 3.48. The Hall–Kier alpha value is -0.770. The first kappa shape index (κ1) is 41.0. The van der Waals surface area contributed by atoms with E-state index in [4.69, 9.17) is 31.4 Å². The Bertz CT molecular complexity index is 954. The molecule has 0 bridgehead atoms. The summed E-state index contributed by atoms with van der Waals surface area (Å²) in [7, 11) is 0. The van der Waals surface area contributed by atoms with Crippen molar-refractivity contribution in [1.82, 2.24) is 5.32 Å². The lowest BCUT2D eigenvalue weighted by molar-refractivity contribution is -0.227. The van der Waals surface area contributed by atoms with Crippen LogP contribution in [0, 0.1) is 46.3 Å². The number of amides is 1. The molecule has 286 valence electrons. The fourth-order valence-corrected chi connectivity index (χ4v) is 11.4. The van der Waals surface area contributed by atoms with Crippen molar-refractivity contribution in [2.24, 2.45) is 63.5 Å². The number of carbonyl (C=O) groups excluding carboxylic acids is 1. The molecule has 7 N–H and O–H groups in total. The first-order valence-electron chi connectivity index (χ1n) is 21.0. The van der Waals surface area contributed by atoms with Gasteiger partial charge in [-0.15, -0.1) is 0 Å². The standard InChI is InChI=1S/C41H78N4O4/c1-5-6-7-8-9-10-23-45-38(46)17-14-30(2)33-15-16-34-39-35(29-37(41(33,34)4)49-26-13-22-44)40(3)19-18-32(47-24-11-20-42)27-31(40)28-36(39)48-25-12-21-43/h30-37,39H,5-29,42-44H2,1-4H3,(H,45,46)/t30-,31?,32-,33-,34+,35+,36-,37+,39?,40+,41-/m1/s1. The van der Waals surface area contributed by atoms with Crippen molar-refractivity contribution < 1.29 is 19.0 Å². The van der Waals surface area contributed by atoms with Gasteiger partial charge in [-0.1, -0.05) is 59.8 Å². The van der Waals surface area contributed by atoms with Crippen LogP contribution >= 0.6 is 0 Å². The summed E-state index contributed by atoms with van der Waals surface area (Å²) in [5.41, 5.74) is 18.1. The molecule has 0 spiro atoms. The number of fused-ring (bicyclic) bond motifs is 5. The fourth-order valence-electron chi connectivity index (χ4n) is 11.4. The van der Waals surface area contributed by atoms with Crippen LogP contribution in [0.1, 0.15) is 143 Å². The molecule has 1 amide bonds. The van der Waals surface area contributed by atoms with E-state index in [9.17, 15) is 4.79 Å². The number of nitrogens with two attached hydrogens (primary N) is 3. The molecule has 0 aliphatic heterocycles. The summed E-state index contributed by atoms with van der Waals surface area (Å²) in [6, 6.07) is 0. The first-order valence-corrected chi connectivity index (χ1v) is 21.0. The highest BCUT2D eigenvalue weighted by molar-refractivity contribution is 5.75. The molecule has 11 atom stereocenters. The first-order chi connectivity index (χ1) is 23.7. The topological polar surface area (TPSA) is 135 Å². The second-order valence-corrected chi connectivity index (χ2v) is 17.1. The fraction of sp³-hybridized carbons (Fsp3) is 0.976. The molecule has 4 saturated carbocycles. The monoisotopic (exact) mass is 691 g/mol. The molecule has 0 heterocycles. The van der Waals surface area contributed by atoms with Crippen molar-refractivity contribution in [2.45, 2.75) is 162 Å². The average Bonchev–Trinajstić information content (AvgIpc) is 3.45. The van der Waals surface area contributed by atoms with Gasteiger partial charge in [-0.25, -0.2) is 0 Å². The van der Waals surface area contributed by atoms with Crippen LogP contribution in [0.25, 0.3) is 0 Å². The molecule has 2 unspecified atom stereocenters. The van der Waals surface area contributed by atoms with Crippen LogP contribution in [0.15, 0.2) is 0 Å². The average molecular weight is 691 g/mol. The molecule has 0 aromatic rings. The molecule has 4 fully saturated rings. The van der Waals surface area contributed by atoms with E-state index in [1.54, 1.807) is 0 Å². The van der Waals surface area contributed by atoms with Crippen LogP contribution in [-0.2, 0) is 19.0 Å². The molecule has 4 aliphatic rings. The Morgan fingerprint density at radius 1 is 0.796 bits per heavy atom. The maximum atomic E-state index is 12.9. The Morgan fingerprint density at radius 2 is 1.47 bits per heavy atom. The van der Waals surface area contributed by atoms with Crippen molar-refractivity contribution in [3.63, 3.8) is 0 Å². The third-order valence-corrected chi connectivity index (χ3v) is 14.2. The summed E-state index contributed by atoms with van der Waals surface area (Å²) in [4.78, 5) is 12.9. The summed E-state index contributed by atoms with van der Waals surface area (Å²) < 4.78 is 20.3. The van der Waals surface area contributed by atoms with Gasteiger partial charge in [0.25, 0.3) is 0 Å². The Labute approximate surface area is 300 Å². The van der Waals surface area contributed by atoms with E-state index in [2.05, 4.69) is 33.0 Å². The maximum absolute atomic E-state index is 12.9. The molecular formula is C41H78N4O4. The Balaban J connectivity index is 1.49. The predicted octanol–water partition coefficient (Wildman–Crippen LogP) is 6.96. The van der Waals surface area contributed by atoms with Crippen LogP contribution in [0.5, 0.6) is 0 Å². The number of nitrogens with one attached hydrogen (secondary N) is 1. The predicted molar refractivity (Wildman–Crippen MR) is 201 cm³/mol. The number of rotatable bonds is 23. The number of hydrogen-bond acceptors (Lipinski definition) is 7. The number of carbonyl (C=O) groups is 1. The van der Waals surface area contributed by atoms with Crippen LogP contribution in [0.3, 0.4) is 0 Å². The van der Waals surface area contributed by atoms with Crippen molar-refractivity contribution in [3.8, 4) is 0 Å². The van der Waals surface area contributed by atoms with Gasteiger partial charge in [0.15, 0.2) is 0 Å². The van der Waals surface area contributed by atoms with Crippen molar-refractivity contribution >= 4 is 5.91 Å². The minimum absolute atomic E-state index is 0.0609. The molecule has 8 heteroatoms. The zero-order chi connectivity index (χ0) is 35.3. The molecule has 49 heavy (non-hydrogen) atoms. The van der Waals surface area contributed by atoms with E-state index < -0.39 is 0 Å². The van der Waals surface area contributed by atoms with Gasteiger partial charge in [-0.3, -0.25) is 4.79 Å². The molecule has 0 aromatic carbocycles. The molecular weight excluding hydrogens is 612 g/mol. The minimum atomic E-state index is 0.0609. The van der Waals surface area contributed by atoms with Crippen molar-refractivity contribution in [1.29, 1.82) is 0 Å². The zero-order valence-electron chi connectivity index (χ0n) is 32.2. The summed E-state index contributed by atoms with van der Waals surface area (Å²) in [6.45, 7) is 14.9. The van der Waals surface area contributed by atoms with Gasteiger partial charge in [-0.2, -0.15) is 0 Å².